The van der Waals surface area contributed by atoms with Gasteiger partial charge >= 0.3 is 0 Å². The molecule has 0 N–H and O–H groups in total. The normalized spacial score (nSPS) is 10.7. The van der Waals surface area contributed by atoms with E-state index in [0.717, 1.165) is 11.1 Å². The van der Waals surface area contributed by atoms with Crippen LogP contribution < -0.4 is 5.56 Å². The fourth-order valence-corrected chi connectivity index (χ4v) is 1.93. The molecule has 3 heterocycles. The molecule has 18 heavy (non-hydrogen) atoms. The summed E-state index contributed by atoms with van der Waals surface area (Å²) in [6, 6.07) is 9.02. The van der Waals surface area contributed by atoms with E-state index >= 15 is 0 Å². The SMILES string of the molecule is Cc1cccn2c(=O)cc(-c3ccncc3)nc12. The highest BCUT2D eigenvalue weighted by Crippen LogP contribution is 2.15. The van der Waals surface area contributed by atoms with Gasteiger partial charge in [-0.05, 0) is 30.7 Å². The van der Waals surface area contributed by atoms with Gasteiger partial charge in [-0.25, -0.2) is 4.98 Å². The van der Waals surface area contributed by atoms with Crippen molar-refractivity contribution in [3.8, 4) is 11.3 Å². The van der Waals surface area contributed by atoms with E-state index in [0.29, 0.717) is 11.3 Å². The number of fused-ring (bicyclic) bond motifs is 1. The van der Waals surface area contributed by atoms with E-state index in [1.54, 1.807) is 29.1 Å². The molecule has 0 atom stereocenters. The van der Waals surface area contributed by atoms with Gasteiger partial charge in [0.1, 0.15) is 5.65 Å². The Morgan fingerprint density at radius 2 is 1.94 bits per heavy atom. The fourth-order valence-electron chi connectivity index (χ4n) is 1.93. The van der Waals surface area contributed by atoms with Crippen LogP contribution in [0.3, 0.4) is 0 Å². The van der Waals surface area contributed by atoms with E-state index in [9.17, 15) is 4.79 Å². The van der Waals surface area contributed by atoms with Crippen molar-refractivity contribution >= 4 is 5.65 Å². The van der Waals surface area contributed by atoms with E-state index in [1.165, 1.54) is 0 Å². The molecule has 4 nitrogen and oxygen atoms in total. The second kappa shape index (κ2) is 4.07. The van der Waals surface area contributed by atoms with Crippen LogP contribution in [0.2, 0.25) is 0 Å². The van der Waals surface area contributed by atoms with Gasteiger partial charge in [-0.1, -0.05) is 6.07 Å². The molecule has 0 spiro atoms. The van der Waals surface area contributed by atoms with Gasteiger partial charge < -0.3 is 0 Å². The molecule has 4 heteroatoms. The van der Waals surface area contributed by atoms with Crippen molar-refractivity contribution in [3.63, 3.8) is 0 Å². The van der Waals surface area contributed by atoms with Crippen molar-refractivity contribution in [1.82, 2.24) is 14.4 Å². The summed E-state index contributed by atoms with van der Waals surface area (Å²) in [4.78, 5) is 20.5. The molecule has 0 bridgehead atoms. The molecule has 3 aromatic heterocycles. The summed E-state index contributed by atoms with van der Waals surface area (Å²) >= 11 is 0. The first-order valence-corrected chi connectivity index (χ1v) is 5.65. The largest absolute Gasteiger partial charge is 0.269 e. The summed E-state index contributed by atoms with van der Waals surface area (Å²) in [7, 11) is 0. The maximum absolute atomic E-state index is 12.0. The molecule has 0 saturated carbocycles. The highest BCUT2D eigenvalue weighted by Gasteiger charge is 2.05. The second-order valence-corrected chi connectivity index (χ2v) is 4.10. The summed E-state index contributed by atoms with van der Waals surface area (Å²) in [5.74, 6) is 0. The first-order chi connectivity index (χ1) is 8.75. The minimum atomic E-state index is -0.0736. The van der Waals surface area contributed by atoms with Crippen molar-refractivity contribution in [2.45, 2.75) is 6.92 Å². The molecule has 88 valence electrons. The molecule has 0 aliphatic rings. The molecule has 0 fully saturated rings. The van der Waals surface area contributed by atoms with Crippen LogP contribution in [0.4, 0.5) is 0 Å². The molecule has 0 unspecified atom stereocenters. The molecular weight excluding hydrogens is 226 g/mol. The Morgan fingerprint density at radius 3 is 2.72 bits per heavy atom. The zero-order chi connectivity index (χ0) is 12.5. The molecular formula is C14H11N3O. The van der Waals surface area contributed by atoms with Crippen LogP contribution in [-0.4, -0.2) is 14.4 Å². The number of aromatic nitrogens is 3. The number of nitrogens with zero attached hydrogens (tertiary/aromatic N) is 3. The van der Waals surface area contributed by atoms with Crippen LogP contribution in [-0.2, 0) is 0 Å². The van der Waals surface area contributed by atoms with Crippen LogP contribution in [0, 0.1) is 6.92 Å². The van der Waals surface area contributed by atoms with Crippen LogP contribution in [0.25, 0.3) is 16.9 Å². The van der Waals surface area contributed by atoms with E-state index in [4.69, 9.17) is 0 Å². The third-order valence-electron chi connectivity index (χ3n) is 2.86. The maximum Gasteiger partial charge on any atom is 0.258 e. The predicted molar refractivity (Wildman–Crippen MR) is 69.4 cm³/mol. The molecule has 0 aromatic carbocycles. The van der Waals surface area contributed by atoms with Gasteiger partial charge in [-0.3, -0.25) is 14.2 Å². The van der Waals surface area contributed by atoms with Gasteiger partial charge in [0.25, 0.3) is 5.56 Å². The van der Waals surface area contributed by atoms with Gasteiger partial charge in [0.05, 0.1) is 5.69 Å². The maximum atomic E-state index is 12.0. The number of pyridine rings is 2. The minimum absolute atomic E-state index is 0.0736. The zero-order valence-electron chi connectivity index (χ0n) is 9.87. The molecule has 3 aromatic rings. The minimum Gasteiger partial charge on any atom is -0.269 e. The lowest BCUT2D eigenvalue weighted by atomic mass is 10.2. The number of rotatable bonds is 1. The lowest BCUT2D eigenvalue weighted by molar-refractivity contribution is 1.03. The van der Waals surface area contributed by atoms with Crippen LogP contribution in [0.15, 0.2) is 53.7 Å². The van der Waals surface area contributed by atoms with Crippen LogP contribution >= 0.6 is 0 Å². The van der Waals surface area contributed by atoms with E-state index in [1.807, 2.05) is 31.2 Å². The van der Waals surface area contributed by atoms with E-state index < -0.39 is 0 Å². The second-order valence-electron chi connectivity index (χ2n) is 4.10. The number of hydrogen-bond donors (Lipinski definition) is 0. The lowest BCUT2D eigenvalue weighted by Crippen LogP contribution is -2.14. The monoisotopic (exact) mass is 237 g/mol. The Bertz CT molecular complexity index is 763. The summed E-state index contributed by atoms with van der Waals surface area (Å²) in [5, 5.41) is 0. The van der Waals surface area contributed by atoms with E-state index in [-0.39, 0.29) is 5.56 Å². The van der Waals surface area contributed by atoms with Crippen molar-refractivity contribution in [2.24, 2.45) is 0 Å². The Morgan fingerprint density at radius 1 is 1.17 bits per heavy atom. The molecule has 0 aliphatic carbocycles. The Kier molecular flexibility index (Phi) is 2.41. The summed E-state index contributed by atoms with van der Waals surface area (Å²) < 4.78 is 1.56. The van der Waals surface area contributed by atoms with Crippen molar-refractivity contribution in [3.05, 3.63) is 64.8 Å². The number of aryl methyl sites for hydroxylation is 1. The van der Waals surface area contributed by atoms with Crippen LogP contribution in [0.1, 0.15) is 5.56 Å². The summed E-state index contributed by atoms with van der Waals surface area (Å²) in [6.07, 6.45) is 5.11. The Balaban J connectivity index is 2.34. The van der Waals surface area contributed by atoms with Gasteiger partial charge in [-0.2, -0.15) is 0 Å². The van der Waals surface area contributed by atoms with Gasteiger partial charge in [0.15, 0.2) is 0 Å². The smallest absolute Gasteiger partial charge is 0.258 e. The Labute approximate surface area is 104 Å². The van der Waals surface area contributed by atoms with Gasteiger partial charge in [0, 0.05) is 30.2 Å². The summed E-state index contributed by atoms with van der Waals surface area (Å²) in [5.41, 5.74) is 3.17. The average molecular weight is 237 g/mol. The fraction of sp³-hybridized carbons (Fsp3) is 0.0714. The van der Waals surface area contributed by atoms with Crippen LogP contribution in [0.5, 0.6) is 0 Å². The predicted octanol–water partition coefficient (Wildman–Crippen LogP) is 2.06. The highest BCUT2D eigenvalue weighted by atomic mass is 16.1. The summed E-state index contributed by atoms with van der Waals surface area (Å²) in [6.45, 7) is 1.94. The van der Waals surface area contributed by atoms with Crippen molar-refractivity contribution < 1.29 is 0 Å². The quantitative estimate of drug-likeness (QED) is 0.651. The highest BCUT2D eigenvalue weighted by molar-refractivity contribution is 5.62. The Hall–Kier alpha value is -2.49. The topological polar surface area (TPSA) is 47.3 Å². The number of hydrogen-bond acceptors (Lipinski definition) is 3. The molecule has 0 saturated heterocycles. The molecule has 3 rings (SSSR count). The van der Waals surface area contributed by atoms with Gasteiger partial charge in [-0.15, -0.1) is 0 Å². The van der Waals surface area contributed by atoms with E-state index in [2.05, 4.69) is 9.97 Å². The average Bonchev–Trinajstić information content (AvgIpc) is 2.41. The lowest BCUT2D eigenvalue weighted by Gasteiger charge is -2.05. The third-order valence-corrected chi connectivity index (χ3v) is 2.86. The standard InChI is InChI=1S/C14H11N3O/c1-10-3-2-8-17-13(18)9-12(16-14(10)17)11-4-6-15-7-5-11/h2-9H,1H3. The molecule has 0 radical (unpaired) electrons. The zero-order valence-corrected chi connectivity index (χ0v) is 9.87. The van der Waals surface area contributed by atoms with Crippen molar-refractivity contribution in [2.75, 3.05) is 0 Å². The molecule has 0 aliphatic heterocycles. The first kappa shape index (κ1) is 10.7. The van der Waals surface area contributed by atoms with Gasteiger partial charge in [0.2, 0.25) is 0 Å². The third kappa shape index (κ3) is 1.68. The van der Waals surface area contributed by atoms with Crippen molar-refractivity contribution in [1.29, 1.82) is 0 Å². The first-order valence-electron chi connectivity index (χ1n) is 5.65. The molecule has 0 amide bonds.